The molecule has 0 fully saturated rings. The van der Waals surface area contributed by atoms with Crippen LogP contribution in [0.25, 0.3) is 49.0 Å². The second kappa shape index (κ2) is 5.67. The van der Waals surface area contributed by atoms with E-state index in [2.05, 4.69) is 24.3 Å². The van der Waals surface area contributed by atoms with E-state index >= 15 is 0 Å². The molecule has 154 valence electrons. The van der Waals surface area contributed by atoms with Crippen LogP contribution >= 0.6 is 0 Å². The first-order valence-electron chi connectivity index (χ1n) is 10.3. The maximum atomic E-state index is 14.3. The van der Waals surface area contributed by atoms with Crippen molar-refractivity contribution < 1.29 is 17.7 Å². The molecule has 3 aromatic carbocycles. The van der Waals surface area contributed by atoms with Crippen LogP contribution in [0.1, 0.15) is 22.3 Å². The van der Waals surface area contributed by atoms with Gasteiger partial charge in [-0.15, -0.1) is 0 Å². The topological polar surface area (TPSA) is 8.29 Å². The molecular weight excluding hydrogens is 397 g/mol. The van der Waals surface area contributed by atoms with Gasteiger partial charge in [0.2, 0.25) is 5.52 Å². The SMILES string of the molecule is Cc1cc(C)c2c(c1C)c1c3c(cc[n+]1C)cc(C(F)(F)F)c1c4ccccc4n2c13. The molecule has 6 aromatic rings. The quantitative estimate of drug-likeness (QED) is 0.147. The monoisotopic (exact) mass is 417 g/mol. The zero-order valence-corrected chi connectivity index (χ0v) is 17.6. The molecule has 3 aromatic heterocycles. The average molecular weight is 417 g/mol. The number of aryl methyl sites for hydroxylation is 4. The minimum atomic E-state index is -4.44. The van der Waals surface area contributed by atoms with Gasteiger partial charge in [0.05, 0.1) is 32.9 Å². The standard InChI is InChI=1S/C26H20F3N2/c1-13-11-14(2)23-20(15(13)3)24-21-16(9-10-30(24)4)12-18(26(27,28)29)22-17-7-5-6-8-19(17)31(23)25(21)22/h5-12H,1-4H3/q+1. The fourth-order valence-corrected chi connectivity index (χ4v) is 5.42. The molecule has 0 radical (unpaired) electrons. The summed E-state index contributed by atoms with van der Waals surface area (Å²) in [5, 5.41) is 3.51. The van der Waals surface area contributed by atoms with Gasteiger partial charge in [-0.05, 0) is 55.0 Å². The Morgan fingerprint density at radius 3 is 2.32 bits per heavy atom. The highest BCUT2D eigenvalue weighted by molar-refractivity contribution is 6.28. The van der Waals surface area contributed by atoms with Crippen LogP contribution in [-0.4, -0.2) is 4.40 Å². The third-order valence-corrected chi connectivity index (χ3v) is 6.81. The number of fused-ring (bicyclic) bond motifs is 6. The van der Waals surface area contributed by atoms with Crippen LogP contribution in [0.3, 0.4) is 0 Å². The number of hydrogen-bond acceptors (Lipinski definition) is 0. The van der Waals surface area contributed by atoms with Gasteiger partial charge in [-0.2, -0.15) is 13.2 Å². The maximum Gasteiger partial charge on any atom is 0.417 e. The lowest BCUT2D eigenvalue weighted by Gasteiger charge is -2.17. The Hall–Kier alpha value is -3.34. The van der Waals surface area contributed by atoms with Gasteiger partial charge in [0, 0.05) is 16.8 Å². The lowest BCUT2D eigenvalue weighted by Crippen LogP contribution is -2.29. The molecule has 0 atom stereocenters. The number of rotatable bonds is 0. The summed E-state index contributed by atoms with van der Waals surface area (Å²) in [6, 6.07) is 12.7. The number of aromatic nitrogens is 2. The van der Waals surface area contributed by atoms with Crippen molar-refractivity contribution in [3.63, 3.8) is 0 Å². The molecule has 0 unspecified atom stereocenters. The molecule has 31 heavy (non-hydrogen) atoms. The zero-order valence-electron chi connectivity index (χ0n) is 17.6. The highest BCUT2D eigenvalue weighted by atomic mass is 19.4. The van der Waals surface area contributed by atoms with Crippen molar-refractivity contribution >= 4 is 49.0 Å². The first kappa shape index (κ1) is 18.4. The molecule has 0 spiro atoms. The molecule has 0 bridgehead atoms. The third-order valence-electron chi connectivity index (χ3n) is 6.81. The van der Waals surface area contributed by atoms with Gasteiger partial charge in [-0.3, -0.25) is 0 Å². The fourth-order valence-electron chi connectivity index (χ4n) is 5.42. The van der Waals surface area contributed by atoms with Crippen molar-refractivity contribution in [2.45, 2.75) is 26.9 Å². The number of para-hydroxylation sites is 1. The molecule has 0 N–H and O–H groups in total. The first-order valence-corrected chi connectivity index (χ1v) is 10.3. The third kappa shape index (κ3) is 2.16. The average Bonchev–Trinajstić information content (AvgIpc) is 3.06. The van der Waals surface area contributed by atoms with Gasteiger partial charge < -0.3 is 4.40 Å². The van der Waals surface area contributed by atoms with Crippen LogP contribution in [0, 0.1) is 20.8 Å². The van der Waals surface area contributed by atoms with Gasteiger partial charge in [0.15, 0.2) is 6.20 Å². The van der Waals surface area contributed by atoms with E-state index in [1.54, 1.807) is 12.1 Å². The summed E-state index contributed by atoms with van der Waals surface area (Å²) in [6.45, 7) is 6.24. The van der Waals surface area contributed by atoms with Crippen molar-refractivity contribution in [3.8, 4) is 0 Å². The molecule has 2 nitrogen and oxygen atoms in total. The number of alkyl halides is 3. The van der Waals surface area contributed by atoms with Gasteiger partial charge in [0.25, 0.3) is 0 Å². The van der Waals surface area contributed by atoms with Crippen molar-refractivity contribution in [2.24, 2.45) is 7.05 Å². The normalized spacial score (nSPS) is 13.0. The summed E-state index contributed by atoms with van der Waals surface area (Å²) in [5.74, 6) is 0. The van der Waals surface area contributed by atoms with E-state index in [0.717, 1.165) is 38.4 Å². The Kier molecular flexibility index (Phi) is 3.37. The number of nitrogens with zero attached hydrogens (tertiary/aromatic N) is 2. The van der Waals surface area contributed by atoms with E-state index in [0.29, 0.717) is 16.3 Å². The largest absolute Gasteiger partial charge is 0.417 e. The molecule has 0 aliphatic heterocycles. The van der Waals surface area contributed by atoms with Crippen molar-refractivity contribution in [3.05, 3.63) is 70.9 Å². The van der Waals surface area contributed by atoms with Crippen LogP contribution < -0.4 is 4.57 Å². The van der Waals surface area contributed by atoms with E-state index in [9.17, 15) is 13.2 Å². The summed E-state index contributed by atoms with van der Waals surface area (Å²) in [7, 11) is 1.97. The zero-order chi connectivity index (χ0) is 21.8. The Bertz CT molecular complexity index is 1700. The van der Waals surface area contributed by atoms with Crippen molar-refractivity contribution in [1.29, 1.82) is 0 Å². The summed E-state index contributed by atoms with van der Waals surface area (Å²) in [6.07, 6.45) is -2.58. The Morgan fingerprint density at radius 1 is 0.839 bits per heavy atom. The van der Waals surface area contributed by atoms with Gasteiger partial charge >= 0.3 is 6.18 Å². The smallest absolute Gasteiger partial charge is 0.307 e. The molecule has 0 aliphatic carbocycles. The maximum absolute atomic E-state index is 14.3. The number of hydrogen-bond donors (Lipinski definition) is 0. The van der Waals surface area contributed by atoms with Gasteiger partial charge in [-0.25, -0.2) is 4.57 Å². The minimum Gasteiger partial charge on any atom is -0.307 e. The predicted molar refractivity (Wildman–Crippen MR) is 119 cm³/mol. The van der Waals surface area contributed by atoms with Gasteiger partial charge in [0.1, 0.15) is 7.05 Å². The lowest BCUT2D eigenvalue weighted by molar-refractivity contribution is -0.643. The Labute approximate surface area is 176 Å². The van der Waals surface area contributed by atoms with Crippen LogP contribution in [0.5, 0.6) is 0 Å². The first-order chi connectivity index (χ1) is 14.7. The molecule has 5 heteroatoms. The van der Waals surface area contributed by atoms with E-state index in [1.165, 1.54) is 11.6 Å². The summed E-state index contributed by atoms with van der Waals surface area (Å²) in [5.41, 5.74) is 6.22. The summed E-state index contributed by atoms with van der Waals surface area (Å²) >= 11 is 0. The molecule has 0 aliphatic rings. The van der Waals surface area contributed by atoms with E-state index in [-0.39, 0.29) is 5.39 Å². The van der Waals surface area contributed by atoms with Crippen LogP contribution in [0.15, 0.2) is 48.7 Å². The van der Waals surface area contributed by atoms with Crippen LogP contribution in [-0.2, 0) is 13.2 Å². The molecule has 3 heterocycles. The molecule has 6 rings (SSSR count). The molecular formula is C26H20F3N2+. The Morgan fingerprint density at radius 2 is 1.58 bits per heavy atom. The highest BCUT2D eigenvalue weighted by Crippen LogP contribution is 2.47. The molecule has 0 saturated carbocycles. The number of benzene rings is 3. The lowest BCUT2D eigenvalue weighted by atomic mass is 9.94. The van der Waals surface area contributed by atoms with E-state index in [1.807, 2.05) is 42.9 Å². The van der Waals surface area contributed by atoms with Crippen molar-refractivity contribution in [2.75, 3.05) is 0 Å². The fraction of sp³-hybridized carbons (Fsp3) is 0.192. The van der Waals surface area contributed by atoms with Crippen molar-refractivity contribution in [1.82, 2.24) is 4.40 Å². The van der Waals surface area contributed by atoms with E-state index in [4.69, 9.17) is 0 Å². The molecule has 0 saturated heterocycles. The Balaban J connectivity index is 2.15. The van der Waals surface area contributed by atoms with Crippen LogP contribution in [0.2, 0.25) is 0 Å². The van der Waals surface area contributed by atoms with E-state index < -0.39 is 11.7 Å². The second-order valence-corrected chi connectivity index (χ2v) is 8.60. The summed E-state index contributed by atoms with van der Waals surface area (Å²) < 4.78 is 46.9. The second-order valence-electron chi connectivity index (χ2n) is 8.60. The van der Waals surface area contributed by atoms with Gasteiger partial charge in [-0.1, -0.05) is 24.3 Å². The number of pyridine rings is 2. The number of halogens is 3. The highest BCUT2D eigenvalue weighted by Gasteiger charge is 2.37. The minimum absolute atomic E-state index is 0.284. The molecule has 0 amide bonds. The summed E-state index contributed by atoms with van der Waals surface area (Å²) in [4.78, 5) is 0. The van der Waals surface area contributed by atoms with Crippen LogP contribution in [0.4, 0.5) is 13.2 Å². The predicted octanol–water partition coefficient (Wildman–Crippen LogP) is 6.76.